The molecule has 106 valence electrons. The van der Waals surface area contributed by atoms with Crippen molar-refractivity contribution in [2.24, 2.45) is 0 Å². The summed E-state index contributed by atoms with van der Waals surface area (Å²) in [7, 11) is 0. The number of hydrogen-bond donors (Lipinski definition) is 1. The van der Waals surface area contributed by atoms with Gasteiger partial charge in [0.15, 0.2) is 0 Å². The molecule has 0 aliphatic carbocycles. The smallest absolute Gasteiger partial charge is 0.269 e. The number of halogens is 2. The minimum Gasteiger partial charge on any atom is -0.384 e. The van der Waals surface area contributed by atoms with E-state index in [1.807, 2.05) is 6.92 Å². The summed E-state index contributed by atoms with van der Waals surface area (Å²) in [6.07, 6.45) is 2.54. The van der Waals surface area contributed by atoms with Gasteiger partial charge in [0.05, 0.1) is 18.4 Å². The van der Waals surface area contributed by atoms with Gasteiger partial charge in [-0.05, 0) is 18.6 Å². The van der Waals surface area contributed by atoms with E-state index in [-0.39, 0.29) is 17.9 Å². The zero-order valence-electron chi connectivity index (χ0n) is 11.1. The van der Waals surface area contributed by atoms with Crippen LogP contribution in [0.3, 0.4) is 0 Å². The predicted molar refractivity (Wildman–Crippen MR) is 80.5 cm³/mol. The molecule has 1 N–H and O–H groups in total. The second-order valence-corrected chi connectivity index (χ2v) is 5.32. The Hall–Kier alpha value is -1.69. The molecule has 0 bridgehead atoms. The van der Waals surface area contributed by atoms with Crippen LogP contribution in [0.1, 0.15) is 18.9 Å². The molecule has 0 radical (unpaired) electrons. The summed E-state index contributed by atoms with van der Waals surface area (Å²) in [5.74, 6) is -0.360. The van der Waals surface area contributed by atoms with E-state index >= 15 is 0 Å². The zero-order chi connectivity index (χ0) is 14.5. The average molecular weight is 340 g/mol. The van der Waals surface area contributed by atoms with Gasteiger partial charge in [0.2, 0.25) is 0 Å². The summed E-state index contributed by atoms with van der Waals surface area (Å²) in [6.45, 7) is 2.94. The van der Waals surface area contributed by atoms with E-state index in [0.29, 0.717) is 15.7 Å². The number of hydrogen-bond acceptors (Lipinski definition) is 3. The summed E-state index contributed by atoms with van der Waals surface area (Å²) in [6, 6.07) is 6.22. The molecule has 1 aromatic carbocycles. The van der Waals surface area contributed by atoms with Crippen molar-refractivity contribution in [1.29, 1.82) is 0 Å². The largest absolute Gasteiger partial charge is 0.384 e. The average Bonchev–Trinajstić information content (AvgIpc) is 2.42. The predicted octanol–water partition coefficient (Wildman–Crippen LogP) is 3.02. The zero-order valence-corrected chi connectivity index (χ0v) is 12.7. The van der Waals surface area contributed by atoms with Gasteiger partial charge in [0.25, 0.3) is 5.56 Å². The van der Waals surface area contributed by atoms with Crippen molar-refractivity contribution in [3.05, 3.63) is 56.7 Å². The van der Waals surface area contributed by atoms with Crippen molar-refractivity contribution in [2.45, 2.75) is 19.9 Å². The molecule has 0 amide bonds. The van der Waals surface area contributed by atoms with Gasteiger partial charge in [-0.25, -0.2) is 9.07 Å². The van der Waals surface area contributed by atoms with Gasteiger partial charge in [0.1, 0.15) is 5.82 Å². The second kappa shape index (κ2) is 6.65. The Kier molecular flexibility index (Phi) is 4.89. The molecule has 0 atom stereocenters. The molecule has 0 unspecified atom stereocenters. The van der Waals surface area contributed by atoms with E-state index in [2.05, 4.69) is 26.3 Å². The summed E-state index contributed by atoms with van der Waals surface area (Å²) in [5, 5.41) is 7.14. The first-order chi connectivity index (χ1) is 9.60. The fourth-order valence-corrected chi connectivity index (χ4v) is 2.06. The molecule has 0 aliphatic rings. The number of aromatic nitrogens is 2. The Morgan fingerprint density at radius 3 is 2.85 bits per heavy atom. The van der Waals surface area contributed by atoms with Gasteiger partial charge in [-0.2, -0.15) is 5.10 Å². The fraction of sp³-hybridized carbons (Fsp3) is 0.286. The summed E-state index contributed by atoms with van der Waals surface area (Å²) < 4.78 is 15.6. The highest BCUT2D eigenvalue weighted by Crippen LogP contribution is 2.15. The second-order valence-electron chi connectivity index (χ2n) is 4.40. The van der Waals surface area contributed by atoms with Crippen molar-refractivity contribution < 1.29 is 4.39 Å². The van der Waals surface area contributed by atoms with E-state index in [1.165, 1.54) is 16.8 Å². The maximum atomic E-state index is 13.7. The van der Waals surface area contributed by atoms with Gasteiger partial charge in [-0.15, -0.1) is 0 Å². The summed E-state index contributed by atoms with van der Waals surface area (Å²) >= 11 is 3.20. The van der Waals surface area contributed by atoms with Gasteiger partial charge in [0, 0.05) is 22.6 Å². The van der Waals surface area contributed by atoms with Crippen molar-refractivity contribution in [2.75, 3.05) is 11.9 Å². The Bertz CT molecular complexity index is 657. The van der Waals surface area contributed by atoms with Crippen molar-refractivity contribution in [1.82, 2.24) is 9.78 Å². The number of nitrogens with zero attached hydrogens (tertiary/aromatic N) is 2. The first-order valence-electron chi connectivity index (χ1n) is 6.35. The highest BCUT2D eigenvalue weighted by Gasteiger charge is 2.06. The quantitative estimate of drug-likeness (QED) is 0.910. The molecule has 0 fully saturated rings. The normalized spacial score (nSPS) is 10.6. The van der Waals surface area contributed by atoms with Crippen LogP contribution in [-0.2, 0) is 6.54 Å². The maximum absolute atomic E-state index is 13.7. The first-order valence-corrected chi connectivity index (χ1v) is 7.14. The number of benzene rings is 1. The highest BCUT2D eigenvalue weighted by molar-refractivity contribution is 9.10. The molecule has 4 nitrogen and oxygen atoms in total. The third kappa shape index (κ3) is 3.66. The highest BCUT2D eigenvalue weighted by atomic mass is 79.9. The van der Waals surface area contributed by atoms with E-state index < -0.39 is 0 Å². The molecule has 2 rings (SSSR count). The summed E-state index contributed by atoms with van der Waals surface area (Å²) in [5.41, 5.74) is 0.856. The van der Waals surface area contributed by atoms with E-state index in [9.17, 15) is 9.18 Å². The molecule has 1 heterocycles. The maximum Gasteiger partial charge on any atom is 0.269 e. The van der Waals surface area contributed by atoms with Crippen molar-refractivity contribution in [3.8, 4) is 0 Å². The Labute approximate surface area is 124 Å². The number of anilines is 1. The molecule has 0 saturated carbocycles. The topological polar surface area (TPSA) is 46.9 Å². The van der Waals surface area contributed by atoms with Crippen LogP contribution < -0.4 is 10.9 Å². The van der Waals surface area contributed by atoms with Crippen LogP contribution in [0.15, 0.2) is 39.7 Å². The molecule has 1 aromatic heterocycles. The monoisotopic (exact) mass is 339 g/mol. The minimum absolute atomic E-state index is 0.117. The van der Waals surface area contributed by atoms with Crippen LogP contribution in [-0.4, -0.2) is 16.3 Å². The van der Waals surface area contributed by atoms with Gasteiger partial charge in [-0.3, -0.25) is 4.79 Å². The lowest BCUT2D eigenvalue weighted by molar-refractivity contribution is 0.572. The lowest BCUT2D eigenvalue weighted by atomic mass is 10.2. The Balaban J connectivity index is 2.19. The van der Waals surface area contributed by atoms with Crippen molar-refractivity contribution in [3.63, 3.8) is 0 Å². The third-order valence-electron chi connectivity index (χ3n) is 2.78. The molecule has 0 saturated heterocycles. The molecule has 2 aromatic rings. The van der Waals surface area contributed by atoms with Gasteiger partial charge < -0.3 is 5.32 Å². The number of rotatable bonds is 5. The number of nitrogens with one attached hydrogen (secondary N) is 1. The van der Waals surface area contributed by atoms with Crippen LogP contribution in [0.4, 0.5) is 10.1 Å². The molecule has 0 spiro atoms. The van der Waals surface area contributed by atoms with Crippen LogP contribution >= 0.6 is 15.9 Å². The van der Waals surface area contributed by atoms with Crippen LogP contribution in [0.5, 0.6) is 0 Å². The van der Waals surface area contributed by atoms with E-state index in [0.717, 1.165) is 13.0 Å². The Morgan fingerprint density at radius 1 is 1.40 bits per heavy atom. The third-order valence-corrected chi connectivity index (χ3v) is 3.28. The molecule has 6 heteroatoms. The van der Waals surface area contributed by atoms with E-state index in [1.54, 1.807) is 18.3 Å². The van der Waals surface area contributed by atoms with Crippen LogP contribution in [0.2, 0.25) is 0 Å². The van der Waals surface area contributed by atoms with E-state index in [4.69, 9.17) is 0 Å². The minimum atomic E-state index is -0.360. The first kappa shape index (κ1) is 14.7. The molecule has 0 aliphatic heterocycles. The lowest BCUT2D eigenvalue weighted by Crippen LogP contribution is -2.23. The van der Waals surface area contributed by atoms with Gasteiger partial charge >= 0.3 is 0 Å². The van der Waals surface area contributed by atoms with Gasteiger partial charge in [-0.1, -0.05) is 28.9 Å². The van der Waals surface area contributed by atoms with Crippen LogP contribution in [0.25, 0.3) is 0 Å². The van der Waals surface area contributed by atoms with Crippen molar-refractivity contribution >= 4 is 21.6 Å². The fourth-order valence-electron chi connectivity index (χ4n) is 1.73. The standard InChI is InChI=1S/C14H15BrFN3O/c1-2-5-17-12-7-14(20)19(18-8-12)9-10-3-4-11(15)6-13(10)16/h3-4,6-8,17H,2,5,9H2,1H3. The SMILES string of the molecule is CCCNc1cnn(Cc2ccc(Br)cc2F)c(=O)c1. The Morgan fingerprint density at radius 2 is 2.20 bits per heavy atom. The summed E-state index contributed by atoms with van der Waals surface area (Å²) in [4.78, 5) is 11.9. The lowest BCUT2D eigenvalue weighted by Gasteiger charge is -2.08. The molecule has 20 heavy (non-hydrogen) atoms. The molecular formula is C14H15BrFN3O. The van der Waals surface area contributed by atoms with Crippen LogP contribution in [0, 0.1) is 5.82 Å². The molecular weight excluding hydrogens is 325 g/mol.